The van der Waals surface area contributed by atoms with Crippen LogP contribution in [-0.2, 0) is 19.1 Å². The Morgan fingerprint density at radius 1 is 1.41 bits per heavy atom. The van der Waals surface area contributed by atoms with Crippen molar-refractivity contribution in [1.82, 2.24) is 0 Å². The fraction of sp³-hybridized carbons (Fsp3) is 0.385. The van der Waals surface area contributed by atoms with Crippen molar-refractivity contribution in [2.75, 3.05) is 7.11 Å². The van der Waals surface area contributed by atoms with E-state index in [0.29, 0.717) is 6.42 Å². The summed E-state index contributed by atoms with van der Waals surface area (Å²) < 4.78 is 9.90. The molecule has 0 N–H and O–H groups in total. The van der Waals surface area contributed by atoms with Crippen LogP contribution in [0, 0.1) is 5.41 Å². The van der Waals surface area contributed by atoms with Gasteiger partial charge in [0.1, 0.15) is 6.10 Å². The lowest BCUT2D eigenvalue weighted by Gasteiger charge is -2.15. The number of hydrogen-bond acceptors (Lipinski definition) is 4. The molecule has 1 heterocycles. The molecule has 0 amide bonds. The second kappa shape index (κ2) is 4.20. The minimum absolute atomic E-state index is 0.322. The monoisotopic (exact) mass is 234 g/mol. The molecule has 90 valence electrons. The van der Waals surface area contributed by atoms with Crippen molar-refractivity contribution in [2.24, 2.45) is 5.41 Å². The van der Waals surface area contributed by atoms with Gasteiger partial charge in [-0.15, -0.1) is 0 Å². The van der Waals surface area contributed by atoms with Crippen LogP contribution >= 0.6 is 0 Å². The van der Waals surface area contributed by atoms with Gasteiger partial charge in [0.25, 0.3) is 0 Å². The van der Waals surface area contributed by atoms with Gasteiger partial charge in [0.2, 0.25) is 0 Å². The summed E-state index contributed by atoms with van der Waals surface area (Å²) in [5.74, 6) is -1.06. The van der Waals surface area contributed by atoms with Crippen molar-refractivity contribution < 1.29 is 19.1 Å². The van der Waals surface area contributed by atoms with Gasteiger partial charge in [0.15, 0.2) is 5.41 Å². The first-order valence-electron chi connectivity index (χ1n) is 5.42. The van der Waals surface area contributed by atoms with Crippen molar-refractivity contribution in [1.29, 1.82) is 0 Å². The standard InChI is InChI=1S/C13H14O4/c1-13(11(14)16-2)8-10(17-12(13)15)9-6-4-3-5-7-9/h3-7,10H,8H2,1-2H3/t10-,13+/m0/s1. The highest BCUT2D eigenvalue weighted by atomic mass is 16.6. The van der Waals surface area contributed by atoms with Crippen LogP contribution in [0.25, 0.3) is 0 Å². The Bertz CT molecular complexity index is 440. The predicted octanol–water partition coefficient (Wildman–Crippen LogP) is 1.85. The molecule has 1 aliphatic rings. The number of hydrogen-bond donors (Lipinski definition) is 0. The lowest BCUT2D eigenvalue weighted by Crippen LogP contribution is -2.33. The lowest BCUT2D eigenvalue weighted by atomic mass is 9.86. The van der Waals surface area contributed by atoms with E-state index < -0.39 is 17.4 Å². The van der Waals surface area contributed by atoms with Gasteiger partial charge < -0.3 is 9.47 Å². The largest absolute Gasteiger partial charge is 0.468 e. The molecule has 0 aliphatic carbocycles. The second-order valence-electron chi connectivity index (χ2n) is 4.33. The van der Waals surface area contributed by atoms with Gasteiger partial charge in [0.05, 0.1) is 7.11 Å². The number of carbonyl (C=O) groups excluding carboxylic acids is 2. The number of carbonyl (C=O) groups is 2. The van der Waals surface area contributed by atoms with Crippen LogP contribution in [0.1, 0.15) is 25.0 Å². The van der Waals surface area contributed by atoms with Gasteiger partial charge >= 0.3 is 11.9 Å². The van der Waals surface area contributed by atoms with Gasteiger partial charge in [-0.25, -0.2) is 0 Å². The number of rotatable bonds is 2. The number of methoxy groups -OCH3 is 1. The highest BCUT2D eigenvalue weighted by Gasteiger charge is 2.52. The van der Waals surface area contributed by atoms with Crippen LogP contribution in [0.3, 0.4) is 0 Å². The molecule has 1 aromatic rings. The molecular weight excluding hydrogens is 220 g/mol. The van der Waals surface area contributed by atoms with E-state index in [1.54, 1.807) is 6.92 Å². The summed E-state index contributed by atoms with van der Waals surface area (Å²) in [5.41, 5.74) is -0.289. The maximum atomic E-state index is 11.8. The summed E-state index contributed by atoms with van der Waals surface area (Å²) in [6.45, 7) is 1.56. The third kappa shape index (κ3) is 1.90. The molecule has 0 saturated carbocycles. The zero-order valence-electron chi connectivity index (χ0n) is 9.80. The lowest BCUT2D eigenvalue weighted by molar-refractivity contribution is -0.162. The summed E-state index contributed by atoms with van der Waals surface area (Å²) in [7, 11) is 1.27. The number of cyclic esters (lactones) is 1. The molecule has 1 saturated heterocycles. The van der Waals surface area contributed by atoms with Crippen molar-refractivity contribution >= 4 is 11.9 Å². The zero-order chi connectivity index (χ0) is 12.5. The Morgan fingerprint density at radius 2 is 2.06 bits per heavy atom. The summed E-state index contributed by atoms with van der Waals surface area (Å²) in [6.07, 6.45) is -0.0458. The van der Waals surface area contributed by atoms with Crippen molar-refractivity contribution in [3.05, 3.63) is 35.9 Å². The van der Waals surface area contributed by atoms with E-state index in [4.69, 9.17) is 4.74 Å². The Balaban J connectivity index is 2.23. The summed E-state index contributed by atoms with van der Waals surface area (Å²) in [5, 5.41) is 0. The molecule has 4 nitrogen and oxygen atoms in total. The van der Waals surface area contributed by atoms with Gasteiger partial charge in [-0.2, -0.15) is 0 Å². The molecular formula is C13H14O4. The Kier molecular flexibility index (Phi) is 2.88. The molecule has 0 unspecified atom stereocenters. The Hall–Kier alpha value is -1.84. The molecule has 0 spiro atoms. The van der Waals surface area contributed by atoms with E-state index in [1.807, 2.05) is 30.3 Å². The fourth-order valence-corrected chi connectivity index (χ4v) is 2.00. The van der Waals surface area contributed by atoms with Gasteiger partial charge in [-0.3, -0.25) is 9.59 Å². The molecule has 2 atom stereocenters. The van der Waals surface area contributed by atoms with Crippen LogP contribution < -0.4 is 0 Å². The summed E-state index contributed by atoms with van der Waals surface area (Å²) in [4.78, 5) is 23.4. The molecule has 0 radical (unpaired) electrons. The van der Waals surface area contributed by atoms with E-state index >= 15 is 0 Å². The third-order valence-electron chi connectivity index (χ3n) is 3.10. The van der Waals surface area contributed by atoms with E-state index in [9.17, 15) is 9.59 Å². The fourth-order valence-electron chi connectivity index (χ4n) is 2.00. The second-order valence-corrected chi connectivity index (χ2v) is 4.33. The highest BCUT2D eigenvalue weighted by Crippen LogP contribution is 2.42. The van der Waals surface area contributed by atoms with Gasteiger partial charge in [-0.1, -0.05) is 30.3 Å². The average Bonchev–Trinajstić information content (AvgIpc) is 2.67. The molecule has 4 heteroatoms. The zero-order valence-corrected chi connectivity index (χ0v) is 9.80. The topological polar surface area (TPSA) is 52.6 Å². The summed E-state index contributed by atoms with van der Waals surface area (Å²) >= 11 is 0. The van der Waals surface area contributed by atoms with Crippen molar-refractivity contribution in [3.63, 3.8) is 0 Å². The van der Waals surface area contributed by atoms with Gasteiger partial charge in [-0.05, 0) is 12.5 Å². The van der Waals surface area contributed by atoms with Crippen LogP contribution in [0.5, 0.6) is 0 Å². The normalized spacial score (nSPS) is 27.6. The van der Waals surface area contributed by atoms with E-state index in [2.05, 4.69) is 4.74 Å². The Morgan fingerprint density at radius 3 is 2.65 bits per heavy atom. The maximum absolute atomic E-state index is 11.8. The number of esters is 2. The van der Waals surface area contributed by atoms with Crippen LogP contribution in [0.15, 0.2) is 30.3 Å². The van der Waals surface area contributed by atoms with E-state index in [1.165, 1.54) is 7.11 Å². The van der Waals surface area contributed by atoms with Crippen molar-refractivity contribution in [3.8, 4) is 0 Å². The smallest absolute Gasteiger partial charge is 0.323 e. The average molecular weight is 234 g/mol. The van der Waals surface area contributed by atoms with E-state index in [0.717, 1.165) is 5.56 Å². The minimum atomic E-state index is -1.19. The maximum Gasteiger partial charge on any atom is 0.323 e. The molecule has 1 fully saturated rings. The van der Waals surface area contributed by atoms with Crippen LogP contribution in [0.4, 0.5) is 0 Å². The first-order chi connectivity index (χ1) is 8.08. The van der Waals surface area contributed by atoms with Crippen LogP contribution in [0.2, 0.25) is 0 Å². The minimum Gasteiger partial charge on any atom is -0.468 e. The molecule has 0 bridgehead atoms. The van der Waals surface area contributed by atoms with Crippen molar-refractivity contribution in [2.45, 2.75) is 19.4 Å². The first-order valence-corrected chi connectivity index (χ1v) is 5.42. The summed E-state index contributed by atoms with van der Waals surface area (Å²) in [6, 6.07) is 9.38. The number of benzene rings is 1. The number of ether oxygens (including phenoxy) is 2. The highest BCUT2D eigenvalue weighted by molar-refractivity contribution is 6.00. The quantitative estimate of drug-likeness (QED) is 0.579. The molecule has 1 aromatic carbocycles. The van der Waals surface area contributed by atoms with E-state index in [-0.39, 0.29) is 6.10 Å². The van der Waals surface area contributed by atoms with Gasteiger partial charge in [0, 0.05) is 6.42 Å². The molecule has 1 aliphatic heterocycles. The van der Waals surface area contributed by atoms with Crippen LogP contribution in [-0.4, -0.2) is 19.0 Å². The molecule has 17 heavy (non-hydrogen) atoms. The Labute approximate surface area is 99.5 Å². The SMILES string of the molecule is COC(=O)[C@@]1(C)C[C@@H](c2ccccc2)OC1=O. The third-order valence-corrected chi connectivity index (χ3v) is 3.10. The molecule has 0 aromatic heterocycles. The first kappa shape index (κ1) is 11.6. The molecule has 2 rings (SSSR count). The predicted molar refractivity (Wildman–Crippen MR) is 60.0 cm³/mol.